The molecule has 0 unspecified atom stereocenters. The molecule has 27 heavy (non-hydrogen) atoms. The van der Waals surface area contributed by atoms with E-state index in [9.17, 15) is 9.59 Å². The van der Waals surface area contributed by atoms with Gasteiger partial charge in [-0.1, -0.05) is 0 Å². The van der Waals surface area contributed by atoms with Crippen molar-refractivity contribution >= 4 is 34.0 Å². The Hall–Kier alpha value is -3.26. The number of nitrogens with one attached hydrogen (secondary N) is 2. The topological polar surface area (TPSA) is 104 Å². The molecular formula is C19H18N4O3S. The Morgan fingerprint density at radius 1 is 1.15 bits per heavy atom. The lowest BCUT2D eigenvalue weighted by molar-refractivity contribution is -0.134. The summed E-state index contributed by atoms with van der Waals surface area (Å²) < 4.78 is 0. The third-order valence-corrected chi connectivity index (χ3v) is 4.66. The van der Waals surface area contributed by atoms with Gasteiger partial charge in [0, 0.05) is 34.6 Å². The first-order valence-electron chi connectivity index (χ1n) is 8.18. The first kappa shape index (κ1) is 18.5. The third kappa shape index (κ3) is 4.48. The van der Waals surface area contributed by atoms with Gasteiger partial charge in [-0.05, 0) is 49.2 Å². The molecule has 2 aromatic heterocycles. The summed E-state index contributed by atoms with van der Waals surface area (Å²) in [5.41, 5.74) is 4.95. The Labute approximate surface area is 160 Å². The van der Waals surface area contributed by atoms with Gasteiger partial charge in [-0.15, -0.1) is 11.3 Å². The van der Waals surface area contributed by atoms with Gasteiger partial charge in [0.2, 0.25) is 0 Å². The summed E-state index contributed by atoms with van der Waals surface area (Å²) in [6, 6.07) is 7.06. The van der Waals surface area contributed by atoms with Crippen LogP contribution in [0.1, 0.15) is 21.5 Å². The quantitative estimate of drug-likeness (QED) is 0.602. The average molecular weight is 382 g/mol. The second-order valence-corrected chi connectivity index (χ2v) is 6.82. The number of aliphatic carboxylic acids is 1. The maximum absolute atomic E-state index is 12.2. The van der Waals surface area contributed by atoms with Crippen LogP contribution in [0.15, 0.2) is 42.0 Å². The highest BCUT2D eigenvalue weighted by Crippen LogP contribution is 2.32. The van der Waals surface area contributed by atoms with E-state index in [0.717, 1.165) is 28.1 Å². The highest BCUT2D eigenvalue weighted by molar-refractivity contribution is 7.14. The van der Waals surface area contributed by atoms with Crippen molar-refractivity contribution in [3.05, 3.63) is 58.7 Å². The number of amides is 1. The lowest BCUT2D eigenvalue weighted by atomic mass is 9.99. The van der Waals surface area contributed by atoms with E-state index in [4.69, 9.17) is 5.11 Å². The van der Waals surface area contributed by atoms with Crippen LogP contribution in [-0.4, -0.2) is 33.5 Å². The van der Waals surface area contributed by atoms with Crippen LogP contribution in [0.25, 0.3) is 11.3 Å². The zero-order valence-corrected chi connectivity index (χ0v) is 15.6. The molecule has 0 bridgehead atoms. The van der Waals surface area contributed by atoms with Crippen molar-refractivity contribution in [2.45, 2.75) is 13.8 Å². The number of nitrogens with zero attached hydrogens (tertiary/aromatic N) is 2. The minimum absolute atomic E-state index is 0.139. The maximum Gasteiger partial charge on any atom is 0.322 e. The highest BCUT2D eigenvalue weighted by atomic mass is 32.1. The molecule has 8 heteroatoms. The molecule has 2 heterocycles. The molecule has 0 saturated heterocycles. The summed E-state index contributed by atoms with van der Waals surface area (Å²) in [5.74, 6) is -1.15. The summed E-state index contributed by atoms with van der Waals surface area (Å²) in [5, 5.41) is 16.9. The van der Waals surface area contributed by atoms with Crippen molar-refractivity contribution in [3.8, 4) is 11.3 Å². The molecule has 3 rings (SSSR count). The number of aryl methyl sites for hydroxylation is 2. The van der Waals surface area contributed by atoms with Crippen LogP contribution in [0, 0.1) is 13.8 Å². The molecule has 0 radical (unpaired) electrons. The van der Waals surface area contributed by atoms with Gasteiger partial charge in [0.1, 0.15) is 6.54 Å². The average Bonchev–Trinajstić information content (AvgIpc) is 3.08. The fraction of sp³-hybridized carbons (Fsp3) is 0.158. The van der Waals surface area contributed by atoms with Gasteiger partial charge in [0.05, 0.1) is 5.69 Å². The van der Waals surface area contributed by atoms with Gasteiger partial charge in [-0.25, -0.2) is 4.98 Å². The van der Waals surface area contributed by atoms with E-state index in [-0.39, 0.29) is 12.5 Å². The molecule has 0 spiro atoms. The number of benzene rings is 1. The third-order valence-electron chi connectivity index (χ3n) is 3.90. The molecule has 0 fully saturated rings. The molecule has 0 aliphatic heterocycles. The number of carbonyl (C=O) groups excluding carboxylic acids is 1. The SMILES string of the molecule is Cc1cc(NCC(=O)O)cc(C)c1-c1csc(NC(=O)c2ccncc2)n1. The fourth-order valence-electron chi connectivity index (χ4n) is 2.77. The number of carboxylic acid groups (broad SMARTS) is 1. The maximum atomic E-state index is 12.2. The van der Waals surface area contributed by atoms with E-state index in [1.54, 1.807) is 24.5 Å². The Kier molecular flexibility index (Phi) is 5.46. The van der Waals surface area contributed by atoms with Gasteiger partial charge in [-0.3, -0.25) is 19.9 Å². The Morgan fingerprint density at radius 2 is 1.81 bits per heavy atom. The van der Waals surface area contributed by atoms with Crippen LogP contribution < -0.4 is 10.6 Å². The second kappa shape index (κ2) is 7.96. The van der Waals surface area contributed by atoms with Crippen molar-refractivity contribution in [1.29, 1.82) is 0 Å². The van der Waals surface area contributed by atoms with Crippen molar-refractivity contribution in [1.82, 2.24) is 9.97 Å². The Balaban J connectivity index is 1.80. The number of carboxylic acids is 1. The van der Waals surface area contributed by atoms with E-state index in [0.29, 0.717) is 10.7 Å². The first-order chi connectivity index (χ1) is 12.9. The number of pyridine rings is 1. The normalized spacial score (nSPS) is 10.4. The molecule has 7 nitrogen and oxygen atoms in total. The van der Waals surface area contributed by atoms with Crippen LogP contribution in [0.5, 0.6) is 0 Å². The lowest BCUT2D eigenvalue weighted by Gasteiger charge is -2.12. The Bertz CT molecular complexity index is 963. The van der Waals surface area contributed by atoms with Crippen LogP contribution in [0.4, 0.5) is 10.8 Å². The summed E-state index contributed by atoms with van der Waals surface area (Å²) in [6.45, 7) is 3.76. The van der Waals surface area contributed by atoms with Crippen LogP contribution in [0.3, 0.4) is 0 Å². The number of hydrogen-bond acceptors (Lipinski definition) is 6. The molecule has 1 aromatic carbocycles. The predicted octanol–water partition coefficient (Wildman–Crippen LogP) is 3.57. The smallest absolute Gasteiger partial charge is 0.322 e. The van der Waals surface area contributed by atoms with Gasteiger partial charge < -0.3 is 10.4 Å². The first-order valence-corrected chi connectivity index (χ1v) is 9.06. The standard InChI is InChI=1S/C19H18N4O3S/c1-11-7-14(21-9-16(24)25)8-12(2)17(11)15-10-27-19(22-15)23-18(26)13-3-5-20-6-4-13/h3-8,10,21H,9H2,1-2H3,(H,24,25)(H,22,23,26). The van der Waals surface area contributed by atoms with Gasteiger partial charge in [0.15, 0.2) is 5.13 Å². The predicted molar refractivity (Wildman–Crippen MR) is 105 cm³/mol. The zero-order chi connectivity index (χ0) is 19.4. The molecule has 3 aromatic rings. The van der Waals surface area contributed by atoms with E-state index < -0.39 is 5.97 Å². The minimum atomic E-state index is -0.913. The molecule has 0 aliphatic carbocycles. The van der Waals surface area contributed by atoms with Gasteiger partial charge in [0.25, 0.3) is 5.91 Å². The number of carbonyl (C=O) groups is 2. The van der Waals surface area contributed by atoms with Crippen molar-refractivity contribution in [2.24, 2.45) is 0 Å². The molecule has 3 N–H and O–H groups in total. The largest absolute Gasteiger partial charge is 0.480 e. The zero-order valence-electron chi connectivity index (χ0n) is 14.8. The number of thiazole rings is 1. The van der Waals surface area contributed by atoms with Crippen molar-refractivity contribution in [2.75, 3.05) is 17.2 Å². The van der Waals surface area contributed by atoms with Crippen molar-refractivity contribution < 1.29 is 14.7 Å². The van der Waals surface area contributed by atoms with Crippen molar-refractivity contribution in [3.63, 3.8) is 0 Å². The van der Waals surface area contributed by atoms with Crippen LogP contribution >= 0.6 is 11.3 Å². The van der Waals surface area contributed by atoms with E-state index >= 15 is 0 Å². The Morgan fingerprint density at radius 3 is 2.44 bits per heavy atom. The monoisotopic (exact) mass is 382 g/mol. The summed E-state index contributed by atoms with van der Waals surface area (Å²) in [6.07, 6.45) is 3.13. The minimum Gasteiger partial charge on any atom is -0.480 e. The second-order valence-electron chi connectivity index (χ2n) is 5.96. The van der Waals surface area contributed by atoms with E-state index in [1.807, 2.05) is 31.4 Å². The summed E-state index contributed by atoms with van der Waals surface area (Å²) in [7, 11) is 0. The molecule has 0 aliphatic rings. The van der Waals surface area contributed by atoms with Crippen LogP contribution in [-0.2, 0) is 4.79 Å². The number of aromatic nitrogens is 2. The number of hydrogen-bond donors (Lipinski definition) is 3. The molecular weight excluding hydrogens is 364 g/mol. The van der Waals surface area contributed by atoms with Gasteiger partial charge >= 0.3 is 5.97 Å². The fourth-order valence-corrected chi connectivity index (χ4v) is 3.46. The van der Waals surface area contributed by atoms with Crippen LogP contribution in [0.2, 0.25) is 0 Å². The molecule has 138 valence electrons. The van der Waals surface area contributed by atoms with Gasteiger partial charge in [-0.2, -0.15) is 0 Å². The van der Waals surface area contributed by atoms with E-state index in [2.05, 4.69) is 20.6 Å². The summed E-state index contributed by atoms with van der Waals surface area (Å²) in [4.78, 5) is 31.4. The van der Waals surface area contributed by atoms with E-state index in [1.165, 1.54) is 11.3 Å². The summed E-state index contributed by atoms with van der Waals surface area (Å²) >= 11 is 1.35. The number of anilines is 2. The lowest BCUT2D eigenvalue weighted by Crippen LogP contribution is -2.12. The number of rotatable bonds is 6. The molecule has 0 atom stereocenters. The molecule has 1 amide bonds. The molecule has 0 saturated carbocycles. The highest BCUT2D eigenvalue weighted by Gasteiger charge is 2.14.